The summed E-state index contributed by atoms with van der Waals surface area (Å²) in [6, 6.07) is 3.35. The fourth-order valence-electron chi connectivity index (χ4n) is 6.72. The third-order valence-corrected chi connectivity index (χ3v) is 15.2. The van der Waals surface area contributed by atoms with Crippen molar-refractivity contribution < 1.29 is 23.4 Å². The van der Waals surface area contributed by atoms with Crippen molar-refractivity contribution >= 4 is 25.1 Å². The average Bonchev–Trinajstić information content (AvgIpc) is 3.50. The highest BCUT2D eigenvalue weighted by Gasteiger charge is 2.42. The summed E-state index contributed by atoms with van der Waals surface area (Å²) in [5.74, 6) is 3.49. The van der Waals surface area contributed by atoms with Crippen LogP contribution in [0.25, 0.3) is 22.0 Å². The normalized spacial score (nSPS) is 16.5. The van der Waals surface area contributed by atoms with Crippen LogP contribution in [-0.2, 0) is 16.5 Å². The number of hydrogen-bond donors (Lipinski definition) is 1. The number of benzene rings is 1. The summed E-state index contributed by atoms with van der Waals surface area (Å²) in [6.07, 6.45) is 3.19. The van der Waals surface area contributed by atoms with Crippen LogP contribution in [0.5, 0.6) is 5.88 Å². The van der Waals surface area contributed by atoms with E-state index in [0.29, 0.717) is 51.4 Å². The van der Waals surface area contributed by atoms with Gasteiger partial charge in [0, 0.05) is 30.7 Å². The third-order valence-electron chi connectivity index (χ3n) is 8.91. The van der Waals surface area contributed by atoms with Crippen molar-refractivity contribution in [2.45, 2.75) is 123 Å². The van der Waals surface area contributed by atoms with Gasteiger partial charge in [-0.15, -0.1) is 5.54 Å². The first kappa shape index (κ1) is 35.5. The van der Waals surface area contributed by atoms with Crippen LogP contribution < -0.4 is 10.1 Å². The Hall–Kier alpha value is -3.36. The molecule has 46 heavy (non-hydrogen) atoms. The molecule has 3 heterocycles. The number of hydrogen-bond acceptors (Lipinski definition) is 6. The van der Waals surface area contributed by atoms with Crippen LogP contribution in [0, 0.1) is 17.3 Å². The molecule has 2 atom stereocenters. The molecule has 1 amide bonds. The number of amides is 1. The van der Waals surface area contributed by atoms with Crippen LogP contribution in [0.3, 0.4) is 0 Å². The molecule has 0 saturated carbocycles. The maximum atomic E-state index is 16.1. The van der Waals surface area contributed by atoms with Crippen LogP contribution in [0.4, 0.5) is 9.18 Å². The zero-order chi connectivity index (χ0) is 34.0. The first-order valence-electron chi connectivity index (χ1n) is 16.6. The van der Waals surface area contributed by atoms with Crippen LogP contribution in [-0.4, -0.2) is 58.6 Å². The molecule has 0 bridgehead atoms. The second-order valence-corrected chi connectivity index (χ2v) is 20.0. The van der Waals surface area contributed by atoms with E-state index in [1.807, 2.05) is 17.7 Å². The van der Waals surface area contributed by atoms with E-state index in [1.165, 1.54) is 6.07 Å². The monoisotopic (exact) mass is 653 g/mol. The molecule has 0 aliphatic carbocycles. The molecule has 9 nitrogen and oxygen atoms in total. The van der Waals surface area contributed by atoms with Crippen LogP contribution in [0.15, 0.2) is 18.3 Å². The number of fused-ring (bicyclic) bond motifs is 1. The summed E-state index contributed by atoms with van der Waals surface area (Å²) in [4.78, 5) is 12.2. The Balaban J connectivity index is 1.78. The van der Waals surface area contributed by atoms with Gasteiger partial charge >= 0.3 is 6.09 Å². The van der Waals surface area contributed by atoms with E-state index in [2.05, 4.69) is 63.4 Å². The van der Waals surface area contributed by atoms with Gasteiger partial charge in [-0.05, 0) is 69.6 Å². The molecule has 2 unspecified atom stereocenters. The predicted octanol–water partition coefficient (Wildman–Crippen LogP) is 8.14. The third kappa shape index (κ3) is 7.60. The van der Waals surface area contributed by atoms with Crippen molar-refractivity contribution in [2.75, 3.05) is 13.2 Å². The molecule has 4 rings (SSSR count). The quantitative estimate of drug-likeness (QED) is 0.185. The molecular formula is C35H52FN5O4Si. The van der Waals surface area contributed by atoms with E-state index in [0.717, 1.165) is 24.6 Å². The van der Waals surface area contributed by atoms with Crippen molar-refractivity contribution in [1.29, 1.82) is 0 Å². The standard InChI is InChI=1S/C35H52FN5O4Si/c1-22(2)46(23(3)4,24(5)6)17-15-30-27-18-26(29(36)19-31(27)41(39-30)32-14-12-13-16-43-32)28-21-38-40(11)33(28)44-25(7)20-37-34(42)45-35(8,9)10/h18-19,21-25,32H,12-14,16,20H2,1-11H3,(H,37,42). The van der Waals surface area contributed by atoms with Crippen LogP contribution in [0.2, 0.25) is 16.6 Å². The first-order valence-corrected chi connectivity index (χ1v) is 18.8. The lowest BCUT2D eigenvalue weighted by atomic mass is 10.0. The molecule has 2 aromatic heterocycles. The largest absolute Gasteiger partial charge is 0.472 e. The van der Waals surface area contributed by atoms with Gasteiger partial charge in [0.15, 0.2) is 6.23 Å². The summed E-state index contributed by atoms with van der Waals surface area (Å²) in [5.41, 5.74) is 6.71. The Morgan fingerprint density at radius 1 is 1.11 bits per heavy atom. The predicted molar refractivity (Wildman–Crippen MR) is 183 cm³/mol. The summed E-state index contributed by atoms with van der Waals surface area (Å²) in [5, 5.41) is 12.9. The molecule has 1 N–H and O–H groups in total. The number of aryl methyl sites for hydroxylation is 1. The lowest BCUT2D eigenvalue weighted by molar-refractivity contribution is -0.0367. The van der Waals surface area contributed by atoms with Gasteiger partial charge in [-0.25, -0.2) is 18.5 Å². The molecule has 1 aliphatic rings. The highest BCUT2D eigenvalue weighted by Crippen LogP contribution is 2.41. The maximum absolute atomic E-state index is 16.1. The Kier molecular flexibility index (Phi) is 10.9. The number of nitrogens with one attached hydrogen (secondary N) is 1. The van der Waals surface area contributed by atoms with Crippen LogP contribution >= 0.6 is 0 Å². The summed E-state index contributed by atoms with van der Waals surface area (Å²) < 4.78 is 37.2. The minimum Gasteiger partial charge on any atom is -0.472 e. The van der Waals surface area contributed by atoms with Gasteiger partial charge in [0.2, 0.25) is 5.88 Å². The SMILES string of the molecule is CC(CNC(=O)OC(C)(C)C)Oc1c(-c2cc3c(C#C[Si](C(C)C)(C(C)C)C(C)C)nn(C4CCCCO4)c3cc2F)cnn1C. The molecule has 11 heteroatoms. The van der Waals surface area contributed by atoms with Gasteiger partial charge in [0.1, 0.15) is 31.3 Å². The topological polar surface area (TPSA) is 92.4 Å². The van der Waals surface area contributed by atoms with E-state index < -0.39 is 31.7 Å². The molecular weight excluding hydrogens is 602 g/mol. The van der Waals surface area contributed by atoms with Crippen molar-refractivity contribution in [3.63, 3.8) is 0 Å². The fraction of sp³-hybridized carbons (Fsp3) is 0.629. The smallest absolute Gasteiger partial charge is 0.407 e. The lowest BCUT2D eigenvalue weighted by Gasteiger charge is -2.38. The van der Waals surface area contributed by atoms with Gasteiger partial charge < -0.3 is 19.5 Å². The van der Waals surface area contributed by atoms with E-state index in [1.54, 1.807) is 38.7 Å². The second kappa shape index (κ2) is 14.2. The number of aromatic nitrogens is 4. The summed E-state index contributed by atoms with van der Waals surface area (Å²) in [7, 11) is -0.315. The average molecular weight is 654 g/mol. The van der Waals surface area contributed by atoms with Crippen molar-refractivity contribution in [3.8, 4) is 28.5 Å². The molecule has 1 saturated heterocycles. The Morgan fingerprint density at radius 2 is 1.78 bits per heavy atom. The van der Waals surface area contributed by atoms with Gasteiger partial charge in [-0.2, -0.15) is 10.2 Å². The molecule has 252 valence electrons. The van der Waals surface area contributed by atoms with E-state index in [-0.39, 0.29) is 12.8 Å². The number of halogens is 1. The van der Waals surface area contributed by atoms with E-state index >= 15 is 4.39 Å². The number of carbonyl (C=O) groups is 1. The second-order valence-electron chi connectivity index (χ2n) is 14.4. The zero-order valence-electron chi connectivity index (χ0n) is 29.5. The summed E-state index contributed by atoms with van der Waals surface area (Å²) >= 11 is 0. The molecule has 1 aromatic carbocycles. The van der Waals surface area contributed by atoms with Crippen molar-refractivity contribution in [1.82, 2.24) is 24.9 Å². The summed E-state index contributed by atoms with van der Waals surface area (Å²) in [6.45, 7) is 21.8. The van der Waals surface area contributed by atoms with Crippen molar-refractivity contribution in [3.05, 3.63) is 29.8 Å². The number of nitrogens with zero attached hydrogens (tertiary/aromatic N) is 4. The number of carbonyl (C=O) groups excluding carboxylic acids is 1. The van der Waals surface area contributed by atoms with Gasteiger partial charge in [-0.3, -0.25) is 0 Å². The van der Waals surface area contributed by atoms with Crippen LogP contribution in [0.1, 0.15) is 100 Å². The van der Waals surface area contributed by atoms with Crippen molar-refractivity contribution in [2.24, 2.45) is 7.05 Å². The first-order chi connectivity index (χ1) is 21.5. The lowest BCUT2D eigenvalue weighted by Crippen LogP contribution is -2.43. The van der Waals surface area contributed by atoms with E-state index in [9.17, 15) is 4.79 Å². The Bertz CT molecular complexity index is 1570. The highest BCUT2D eigenvalue weighted by molar-refractivity contribution is 6.90. The Morgan fingerprint density at radius 3 is 2.37 bits per heavy atom. The molecule has 0 spiro atoms. The Labute approximate surface area is 274 Å². The minimum atomic E-state index is -2.06. The number of rotatable bonds is 9. The minimum absolute atomic E-state index is 0.197. The number of alkyl carbamates (subject to hydrolysis) is 1. The number of ether oxygens (including phenoxy) is 3. The van der Waals surface area contributed by atoms with E-state index in [4.69, 9.17) is 19.3 Å². The molecule has 3 aromatic rings. The van der Waals surface area contributed by atoms with Gasteiger partial charge in [-0.1, -0.05) is 47.5 Å². The molecule has 1 aliphatic heterocycles. The van der Waals surface area contributed by atoms with Gasteiger partial charge in [0.25, 0.3) is 0 Å². The fourth-order valence-corrected chi connectivity index (χ4v) is 11.9. The highest BCUT2D eigenvalue weighted by atomic mass is 28.3. The zero-order valence-corrected chi connectivity index (χ0v) is 30.5. The molecule has 1 fully saturated rings. The molecule has 0 radical (unpaired) electrons. The van der Waals surface area contributed by atoms with Gasteiger partial charge in [0.05, 0.1) is 23.8 Å². The maximum Gasteiger partial charge on any atom is 0.407 e.